The van der Waals surface area contributed by atoms with Crippen LogP contribution in [0.3, 0.4) is 0 Å². The van der Waals surface area contributed by atoms with Crippen LogP contribution in [0.15, 0.2) is 27.6 Å². The summed E-state index contributed by atoms with van der Waals surface area (Å²) in [6.07, 6.45) is 2.70. The molecule has 18 heavy (non-hydrogen) atoms. The van der Waals surface area contributed by atoms with Crippen molar-refractivity contribution in [3.8, 4) is 0 Å². The molecule has 1 aromatic rings. The van der Waals surface area contributed by atoms with Crippen LogP contribution >= 0.6 is 15.9 Å². The van der Waals surface area contributed by atoms with Crippen LogP contribution in [0.4, 0.5) is 5.69 Å². The molecular weight excluding hydrogens is 316 g/mol. The van der Waals surface area contributed by atoms with Gasteiger partial charge < -0.3 is 5.73 Å². The van der Waals surface area contributed by atoms with E-state index in [0.29, 0.717) is 12.2 Å². The summed E-state index contributed by atoms with van der Waals surface area (Å²) in [4.78, 5) is 0.206. The zero-order chi connectivity index (χ0) is 13.3. The van der Waals surface area contributed by atoms with Crippen molar-refractivity contribution >= 4 is 31.6 Å². The van der Waals surface area contributed by atoms with E-state index in [-0.39, 0.29) is 10.9 Å². The molecule has 1 aliphatic rings. The van der Waals surface area contributed by atoms with Gasteiger partial charge in [-0.05, 0) is 37.5 Å². The van der Waals surface area contributed by atoms with Crippen LogP contribution in [-0.2, 0) is 10.0 Å². The van der Waals surface area contributed by atoms with E-state index in [9.17, 15) is 8.42 Å². The molecule has 2 rings (SSSR count). The Bertz CT molecular complexity index is 545. The predicted octanol–water partition coefficient (Wildman–Crippen LogP) is 2.59. The highest BCUT2D eigenvalue weighted by Crippen LogP contribution is 2.31. The number of halogens is 1. The van der Waals surface area contributed by atoms with Gasteiger partial charge in [0, 0.05) is 17.1 Å². The fraction of sp³-hybridized carbons (Fsp3) is 0.500. The van der Waals surface area contributed by atoms with E-state index in [1.165, 1.54) is 0 Å². The summed E-state index contributed by atoms with van der Waals surface area (Å²) in [7, 11) is -3.47. The molecule has 0 aromatic heterocycles. The molecular formula is C12H17BrN2O2S. The summed E-state index contributed by atoms with van der Waals surface area (Å²) < 4.78 is 27.5. The Hall–Kier alpha value is -0.590. The van der Waals surface area contributed by atoms with Gasteiger partial charge in [-0.1, -0.05) is 22.9 Å². The number of hydrogen-bond acceptors (Lipinski definition) is 3. The number of nitrogens with two attached hydrogens (primary N) is 1. The monoisotopic (exact) mass is 332 g/mol. The van der Waals surface area contributed by atoms with Gasteiger partial charge in [0.15, 0.2) is 0 Å². The lowest BCUT2D eigenvalue weighted by molar-refractivity contribution is 0.380. The fourth-order valence-electron chi connectivity index (χ4n) is 2.39. The second-order valence-corrected chi connectivity index (χ2v) is 7.28. The first-order valence-electron chi connectivity index (χ1n) is 6.03. The molecule has 1 saturated heterocycles. The van der Waals surface area contributed by atoms with Crippen LogP contribution in [0, 0.1) is 0 Å². The molecule has 1 unspecified atom stereocenters. The molecule has 1 heterocycles. The average Bonchev–Trinajstić information content (AvgIpc) is 2.81. The van der Waals surface area contributed by atoms with Crippen LogP contribution in [0.25, 0.3) is 0 Å². The van der Waals surface area contributed by atoms with Crippen molar-refractivity contribution < 1.29 is 8.42 Å². The van der Waals surface area contributed by atoms with E-state index in [1.807, 2.05) is 6.92 Å². The molecule has 1 atom stereocenters. The Morgan fingerprint density at radius 2 is 2.22 bits per heavy atom. The van der Waals surface area contributed by atoms with Crippen molar-refractivity contribution in [3.63, 3.8) is 0 Å². The maximum absolute atomic E-state index is 12.6. The molecule has 0 saturated carbocycles. The number of hydrogen-bond donors (Lipinski definition) is 1. The van der Waals surface area contributed by atoms with Gasteiger partial charge >= 0.3 is 0 Å². The van der Waals surface area contributed by atoms with E-state index < -0.39 is 10.0 Å². The van der Waals surface area contributed by atoms with E-state index in [1.54, 1.807) is 22.5 Å². The molecule has 4 nitrogen and oxygen atoms in total. The smallest absolute Gasteiger partial charge is 0.245 e. The Balaban J connectivity index is 2.45. The Labute approximate surface area is 116 Å². The number of rotatable bonds is 3. The zero-order valence-electron chi connectivity index (χ0n) is 10.3. The van der Waals surface area contributed by atoms with Gasteiger partial charge in [0.2, 0.25) is 10.0 Å². The zero-order valence-corrected chi connectivity index (χ0v) is 12.7. The minimum Gasteiger partial charge on any atom is -0.398 e. The Kier molecular flexibility index (Phi) is 3.99. The summed E-state index contributed by atoms with van der Waals surface area (Å²) in [5.74, 6) is 0. The second kappa shape index (κ2) is 5.19. The Morgan fingerprint density at radius 1 is 1.50 bits per heavy atom. The third-order valence-electron chi connectivity index (χ3n) is 3.36. The number of sulfonamides is 1. The largest absolute Gasteiger partial charge is 0.398 e. The molecule has 100 valence electrons. The molecule has 2 N–H and O–H groups in total. The molecule has 0 bridgehead atoms. The quantitative estimate of drug-likeness (QED) is 0.865. The summed E-state index contributed by atoms with van der Waals surface area (Å²) in [5, 5.41) is 0. The first-order chi connectivity index (χ1) is 8.46. The van der Waals surface area contributed by atoms with Crippen molar-refractivity contribution in [2.75, 3.05) is 12.3 Å². The van der Waals surface area contributed by atoms with Gasteiger partial charge in [0.25, 0.3) is 0 Å². The highest BCUT2D eigenvalue weighted by molar-refractivity contribution is 9.10. The van der Waals surface area contributed by atoms with E-state index in [0.717, 1.165) is 23.7 Å². The van der Waals surface area contributed by atoms with Crippen LogP contribution in [0.1, 0.15) is 26.2 Å². The summed E-state index contributed by atoms with van der Waals surface area (Å²) >= 11 is 3.29. The standard InChI is InChI=1S/C12H17BrN2O2S/c1-2-10-4-3-7-15(10)18(16,17)12-8-9(13)5-6-11(12)14/h5-6,8,10H,2-4,7,14H2,1H3. The second-order valence-electron chi connectivity index (χ2n) is 4.50. The van der Waals surface area contributed by atoms with Crippen LogP contribution < -0.4 is 5.73 Å². The van der Waals surface area contributed by atoms with Gasteiger partial charge in [0.1, 0.15) is 4.90 Å². The summed E-state index contributed by atoms with van der Waals surface area (Å²) in [6.45, 7) is 2.61. The SMILES string of the molecule is CCC1CCCN1S(=O)(=O)c1cc(Br)ccc1N. The maximum atomic E-state index is 12.6. The van der Waals surface area contributed by atoms with Gasteiger partial charge in [-0.25, -0.2) is 8.42 Å². The topological polar surface area (TPSA) is 63.4 Å². The van der Waals surface area contributed by atoms with E-state index in [2.05, 4.69) is 15.9 Å². The van der Waals surface area contributed by atoms with Gasteiger partial charge in [-0.15, -0.1) is 0 Å². The number of benzene rings is 1. The summed E-state index contributed by atoms with van der Waals surface area (Å²) in [6, 6.07) is 5.05. The number of anilines is 1. The van der Waals surface area contributed by atoms with Crippen molar-refractivity contribution in [1.29, 1.82) is 0 Å². The molecule has 1 aliphatic heterocycles. The summed E-state index contributed by atoms with van der Waals surface area (Å²) in [5.41, 5.74) is 6.11. The fourth-order valence-corrected chi connectivity index (χ4v) is 4.81. The van der Waals surface area contributed by atoms with E-state index >= 15 is 0 Å². The lowest BCUT2D eigenvalue weighted by atomic mass is 10.2. The van der Waals surface area contributed by atoms with Crippen LogP contribution in [-0.4, -0.2) is 25.3 Å². The number of nitrogen functional groups attached to an aromatic ring is 1. The van der Waals surface area contributed by atoms with Gasteiger partial charge in [0.05, 0.1) is 5.69 Å². The lowest BCUT2D eigenvalue weighted by Gasteiger charge is -2.23. The Morgan fingerprint density at radius 3 is 2.89 bits per heavy atom. The van der Waals surface area contributed by atoms with Crippen LogP contribution in [0.5, 0.6) is 0 Å². The first-order valence-corrected chi connectivity index (χ1v) is 8.27. The van der Waals surface area contributed by atoms with Gasteiger partial charge in [-0.3, -0.25) is 0 Å². The van der Waals surface area contributed by atoms with Crippen molar-refractivity contribution in [2.45, 2.75) is 37.1 Å². The molecule has 1 fully saturated rings. The van der Waals surface area contributed by atoms with Crippen molar-refractivity contribution in [2.24, 2.45) is 0 Å². The first kappa shape index (κ1) is 13.8. The molecule has 0 aliphatic carbocycles. The normalized spacial score (nSPS) is 21.3. The molecule has 0 spiro atoms. The predicted molar refractivity (Wildman–Crippen MR) is 75.8 cm³/mol. The minimum absolute atomic E-state index is 0.105. The van der Waals surface area contributed by atoms with E-state index in [4.69, 9.17) is 5.73 Å². The highest BCUT2D eigenvalue weighted by atomic mass is 79.9. The molecule has 0 amide bonds. The van der Waals surface area contributed by atoms with Gasteiger partial charge in [-0.2, -0.15) is 4.31 Å². The number of nitrogens with zero attached hydrogens (tertiary/aromatic N) is 1. The minimum atomic E-state index is -3.47. The lowest BCUT2D eigenvalue weighted by Crippen LogP contribution is -2.35. The average molecular weight is 333 g/mol. The van der Waals surface area contributed by atoms with Crippen molar-refractivity contribution in [1.82, 2.24) is 4.31 Å². The maximum Gasteiger partial charge on any atom is 0.245 e. The third-order valence-corrected chi connectivity index (χ3v) is 5.86. The molecule has 1 aromatic carbocycles. The highest BCUT2D eigenvalue weighted by Gasteiger charge is 2.35. The van der Waals surface area contributed by atoms with Crippen LogP contribution in [0.2, 0.25) is 0 Å². The third kappa shape index (κ3) is 2.41. The van der Waals surface area contributed by atoms with Crippen molar-refractivity contribution in [3.05, 3.63) is 22.7 Å². The molecule has 0 radical (unpaired) electrons. The molecule has 6 heteroatoms.